The Labute approximate surface area is 127 Å². The zero-order valence-electron chi connectivity index (χ0n) is 11.5. The lowest BCUT2D eigenvalue weighted by atomic mass is 10.1. The summed E-state index contributed by atoms with van der Waals surface area (Å²) in [6, 6.07) is 2.97. The maximum Gasteiger partial charge on any atom is 0.339 e. The van der Waals surface area contributed by atoms with Gasteiger partial charge in [0.15, 0.2) is 0 Å². The van der Waals surface area contributed by atoms with E-state index in [2.05, 4.69) is 9.46 Å². The first-order valence-corrected chi connectivity index (χ1v) is 9.03. The molecule has 1 saturated heterocycles. The van der Waals surface area contributed by atoms with Gasteiger partial charge in [-0.3, -0.25) is 0 Å². The average Bonchev–Trinajstić information content (AvgIpc) is 2.98. The number of hydrogen-bond acceptors (Lipinski definition) is 5. The molecule has 5 nitrogen and oxygen atoms in total. The highest BCUT2D eigenvalue weighted by Crippen LogP contribution is 2.24. The van der Waals surface area contributed by atoms with Crippen molar-refractivity contribution >= 4 is 27.8 Å². The number of nitrogens with one attached hydrogen (secondary N) is 1. The van der Waals surface area contributed by atoms with E-state index in [0.717, 1.165) is 43.2 Å². The summed E-state index contributed by atoms with van der Waals surface area (Å²) in [5.74, 6) is 0.640. The first-order chi connectivity index (χ1) is 9.94. The number of halogens is 1. The molecule has 1 heterocycles. The van der Waals surface area contributed by atoms with Crippen LogP contribution >= 0.6 is 11.8 Å². The molecule has 1 aliphatic heterocycles. The van der Waals surface area contributed by atoms with Crippen LogP contribution in [0.4, 0.5) is 4.39 Å². The van der Waals surface area contributed by atoms with E-state index in [1.165, 1.54) is 0 Å². The number of thioether (sulfide) groups is 1. The van der Waals surface area contributed by atoms with Gasteiger partial charge in [0.25, 0.3) is 0 Å². The highest BCUT2D eigenvalue weighted by atomic mass is 32.2. The third-order valence-electron chi connectivity index (χ3n) is 3.22. The number of carbonyl (C=O) groups excluding carboxylic acids is 1. The van der Waals surface area contributed by atoms with Gasteiger partial charge in [-0.15, -0.1) is 0 Å². The van der Waals surface area contributed by atoms with Gasteiger partial charge in [0.1, 0.15) is 5.82 Å². The van der Waals surface area contributed by atoms with Crippen LogP contribution in [0.2, 0.25) is 0 Å². The maximum atomic E-state index is 13.3. The number of carbonyl (C=O) groups is 1. The summed E-state index contributed by atoms with van der Waals surface area (Å²) in [6.07, 6.45) is 0.945. The number of sulfonamides is 1. The van der Waals surface area contributed by atoms with E-state index in [1.807, 2.05) is 0 Å². The molecule has 1 aromatic rings. The number of rotatable bonds is 5. The Bertz CT molecular complexity index is 627. The van der Waals surface area contributed by atoms with Crippen molar-refractivity contribution in [3.63, 3.8) is 0 Å². The van der Waals surface area contributed by atoms with Gasteiger partial charge in [0.2, 0.25) is 10.0 Å². The van der Waals surface area contributed by atoms with Crippen molar-refractivity contribution in [1.82, 2.24) is 4.72 Å². The van der Waals surface area contributed by atoms with E-state index in [-0.39, 0.29) is 22.9 Å². The van der Waals surface area contributed by atoms with Gasteiger partial charge >= 0.3 is 5.97 Å². The fourth-order valence-corrected chi connectivity index (χ4v) is 4.65. The van der Waals surface area contributed by atoms with Gasteiger partial charge in [-0.25, -0.2) is 22.3 Å². The predicted octanol–water partition coefficient (Wildman–Crippen LogP) is 1.64. The monoisotopic (exact) mass is 333 g/mol. The molecule has 116 valence electrons. The highest BCUT2D eigenvalue weighted by molar-refractivity contribution is 7.99. The summed E-state index contributed by atoms with van der Waals surface area (Å²) in [7, 11) is -2.81. The molecule has 21 heavy (non-hydrogen) atoms. The largest absolute Gasteiger partial charge is 0.465 e. The van der Waals surface area contributed by atoms with Gasteiger partial charge < -0.3 is 4.74 Å². The van der Waals surface area contributed by atoms with Crippen LogP contribution in [0, 0.1) is 11.7 Å². The van der Waals surface area contributed by atoms with Crippen LogP contribution in [0.15, 0.2) is 23.1 Å². The van der Waals surface area contributed by atoms with Crippen molar-refractivity contribution < 1.29 is 22.3 Å². The highest BCUT2D eigenvalue weighted by Gasteiger charge is 2.25. The van der Waals surface area contributed by atoms with Crippen molar-refractivity contribution in [3.8, 4) is 0 Å². The average molecular weight is 333 g/mol. The lowest BCUT2D eigenvalue weighted by molar-refractivity contribution is 0.0596. The lowest BCUT2D eigenvalue weighted by Crippen LogP contribution is -2.30. The zero-order valence-corrected chi connectivity index (χ0v) is 13.1. The van der Waals surface area contributed by atoms with E-state index in [4.69, 9.17) is 0 Å². The number of ether oxygens (including phenoxy) is 1. The number of methoxy groups -OCH3 is 1. The van der Waals surface area contributed by atoms with Crippen LogP contribution in [-0.2, 0) is 14.8 Å². The van der Waals surface area contributed by atoms with Gasteiger partial charge in [-0.1, -0.05) is 0 Å². The summed E-state index contributed by atoms with van der Waals surface area (Å²) in [4.78, 5) is 11.2. The number of esters is 1. The van der Waals surface area contributed by atoms with E-state index in [1.54, 1.807) is 11.8 Å². The molecule has 0 amide bonds. The molecule has 0 spiro atoms. The molecule has 1 atom stereocenters. The smallest absolute Gasteiger partial charge is 0.339 e. The normalized spacial score (nSPS) is 18.7. The molecule has 1 N–H and O–H groups in total. The summed E-state index contributed by atoms with van der Waals surface area (Å²) in [5.41, 5.74) is -0.174. The summed E-state index contributed by atoms with van der Waals surface area (Å²) < 4.78 is 44.9. The minimum absolute atomic E-state index is 0.174. The first kappa shape index (κ1) is 16.3. The molecule has 1 unspecified atom stereocenters. The lowest BCUT2D eigenvalue weighted by Gasteiger charge is -2.13. The maximum absolute atomic E-state index is 13.3. The molecule has 0 radical (unpaired) electrons. The second kappa shape index (κ2) is 6.76. The molecule has 1 aromatic carbocycles. The SMILES string of the molecule is COC(=O)c1ccc(F)cc1S(=O)(=O)NCC1CCSC1. The third kappa shape index (κ3) is 3.96. The first-order valence-electron chi connectivity index (χ1n) is 6.39. The van der Waals surface area contributed by atoms with Gasteiger partial charge in [-0.05, 0) is 42.0 Å². The Morgan fingerprint density at radius 3 is 2.90 bits per heavy atom. The molecule has 1 aliphatic rings. The third-order valence-corrected chi connectivity index (χ3v) is 5.92. The molecule has 8 heteroatoms. The fraction of sp³-hybridized carbons (Fsp3) is 0.462. The van der Waals surface area contributed by atoms with Crippen LogP contribution in [0.1, 0.15) is 16.8 Å². The molecule has 0 aliphatic carbocycles. The van der Waals surface area contributed by atoms with Crippen LogP contribution in [0.5, 0.6) is 0 Å². The van der Waals surface area contributed by atoms with E-state index >= 15 is 0 Å². The van der Waals surface area contributed by atoms with Crippen LogP contribution < -0.4 is 4.72 Å². The summed E-state index contributed by atoms with van der Waals surface area (Å²) in [6.45, 7) is 0.284. The Kier molecular flexibility index (Phi) is 5.23. The van der Waals surface area contributed by atoms with Crippen molar-refractivity contribution in [3.05, 3.63) is 29.6 Å². The Morgan fingerprint density at radius 2 is 2.29 bits per heavy atom. The molecule has 2 rings (SSSR count). The van der Waals surface area contributed by atoms with Crippen LogP contribution in [-0.4, -0.2) is 39.5 Å². The standard InChI is InChI=1S/C13H16FNO4S2/c1-19-13(16)11-3-2-10(14)6-12(11)21(17,18)15-7-9-4-5-20-8-9/h2-3,6,9,15H,4-5,7-8H2,1H3. The quantitative estimate of drug-likeness (QED) is 0.830. The molecule has 1 fully saturated rings. The number of benzene rings is 1. The van der Waals surface area contributed by atoms with Crippen molar-refractivity contribution in [2.24, 2.45) is 5.92 Å². The summed E-state index contributed by atoms with van der Waals surface area (Å²) >= 11 is 1.77. The predicted molar refractivity (Wildman–Crippen MR) is 78.4 cm³/mol. The molecular weight excluding hydrogens is 317 g/mol. The van der Waals surface area contributed by atoms with Crippen molar-refractivity contribution in [1.29, 1.82) is 0 Å². The zero-order chi connectivity index (χ0) is 15.5. The van der Waals surface area contributed by atoms with E-state index in [9.17, 15) is 17.6 Å². The van der Waals surface area contributed by atoms with Crippen LogP contribution in [0.25, 0.3) is 0 Å². The Morgan fingerprint density at radius 1 is 1.52 bits per heavy atom. The summed E-state index contributed by atoms with van der Waals surface area (Å²) in [5, 5.41) is 0. The molecular formula is C13H16FNO4S2. The van der Waals surface area contributed by atoms with E-state index in [0.29, 0.717) is 0 Å². The fourth-order valence-electron chi connectivity index (χ4n) is 2.05. The Hall–Kier alpha value is -1.12. The molecule has 0 aromatic heterocycles. The van der Waals surface area contributed by atoms with Crippen molar-refractivity contribution in [2.45, 2.75) is 11.3 Å². The molecule has 0 bridgehead atoms. The van der Waals surface area contributed by atoms with Crippen molar-refractivity contribution in [2.75, 3.05) is 25.2 Å². The molecule has 0 saturated carbocycles. The second-order valence-corrected chi connectivity index (χ2v) is 7.60. The minimum Gasteiger partial charge on any atom is -0.465 e. The topological polar surface area (TPSA) is 72.5 Å². The van der Waals surface area contributed by atoms with Gasteiger partial charge in [0.05, 0.1) is 17.6 Å². The number of hydrogen-bond donors (Lipinski definition) is 1. The Balaban J connectivity index is 2.25. The van der Waals surface area contributed by atoms with E-state index < -0.39 is 21.8 Å². The van der Waals surface area contributed by atoms with Gasteiger partial charge in [0, 0.05) is 6.54 Å². The minimum atomic E-state index is -3.96. The van der Waals surface area contributed by atoms with Crippen LogP contribution in [0.3, 0.4) is 0 Å². The van der Waals surface area contributed by atoms with Gasteiger partial charge in [-0.2, -0.15) is 11.8 Å². The second-order valence-electron chi connectivity index (χ2n) is 4.71.